The van der Waals surface area contributed by atoms with Crippen LogP contribution in [0.15, 0.2) is 53.5 Å². The minimum Gasteiger partial charge on any atom is -0.324 e. The number of amides is 2. The molecule has 4 rings (SSSR count). The van der Waals surface area contributed by atoms with E-state index in [2.05, 4.69) is 20.6 Å². The Morgan fingerprint density at radius 3 is 2.39 bits per heavy atom. The molecule has 1 aromatic carbocycles. The molecule has 0 radical (unpaired) electrons. The minimum absolute atomic E-state index is 0.0536. The van der Waals surface area contributed by atoms with E-state index in [0.717, 1.165) is 24.8 Å². The van der Waals surface area contributed by atoms with E-state index in [9.17, 15) is 9.59 Å². The molecule has 2 aromatic heterocycles. The second-order valence-corrected chi connectivity index (χ2v) is 7.81. The number of nitrogens with zero attached hydrogens (tertiary/aromatic N) is 2. The van der Waals surface area contributed by atoms with Gasteiger partial charge in [0.2, 0.25) is 5.91 Å². The molecule has 2 amide bonds. The zero-order chi connectivity index (χ0) is 19.6. The van der Waals surface area contributed by atoms with E-state index >= 15 is 0 Å². The number of pyridine rings is 1. The fourth-order valence-electron chi connectivity index (χ4n) is 3.24. The summed E-state index contributed by atoms with van der Waals surface area (Å²) < 4.78 is 0. The summed E-state index contributed by atoms with van der Waals surface area (Å²) in [6.07, 6.45) is 4.14. The third kappa shape index (κ3) is 3.63. The van der Waals surface area contributed by atoms with Crippen LogP contribution in [0.3, 0.4) is 0 Å². The lowest BCUT2D eigenvalue weighted by molar-refractivity contribution is -0.124. The van der Waals surface area contributed by atoms with Gasteiger partial charge in [0.25, 0.3) is 5.91 Å². The lowest BCUT2D eigenvalue weighted by Gasteiger charge is -2.40. The first-order valence-electron chi connectivity index (χ1n) is 8.80. The van der Waals surface area contributed by atoms with Crippen LogP contribution < -0.4 is 10.6 Å². The molecule has 0 unspecified atom stereocenters. The molecular formula is C20H17ClN4O2S. The van der Waals surface area contributed by atoms with Gasteiger partial charge in [-0.25, -0.2) is 9.97 Å². The zero-order valence-electron chi connectivity index (χ0n) is 14.8. The largest absolute Gasteiger partial charge is 0.324 e. The molecule has 1 saturated carbocycles. The molecule has 6 nitrogen and oxygen atoms in total. The Morgan fingerprint density at radius 1 is 1.04 bits per heavy atom. The molecular weight excluding hydrogens is 396 g/mol. The first-order chi connectivity index (χ1) is 13.6. The van der Waals surface area contributed by atoms with E-state index in [0.29, 0.717) is 22.2 Å². The Morgan fingerprint density at radius 2 is 1.82 bits per heavy atom. The van der Waals surface area contributed by atoms with Gasteiger partial charge in [0.05, 0.1) is 22.8 Å². The van der Waals surface area contributed by atoms with Gasteiger partial charge in [-0.1, -0.05) is 30.2 Å². The van der Waals surface area contributed by atoms with Gasteiger partial charge in [0.15, 0.2) is 0 Å². The maximum Gasteiger partial charge on any atom is 0.276 e. The number of rotatable bonds is 5. The van der Waals surface area contributed by atoms with Gasteiger partial charge in [-0.3, -0.25) is 9.59 Å². The number of carbonyl (C=O) groups excluding carboxylic acids is 2. The molecule has 1 aliphatic rings. The normalized spacial score (nSPS) is 14.8. The number of nitrogens with one attached hydrogen (secondary N) is 2. The SMILES string of the molecule is O=C(Nc1ccc(NC(=O)C2(c3ccc(Cl)cc3)CCC2)cn1)c1cscn1. The maximum atomic E-state index is 13.0. The van der Waals surface area contributed by atoms with Gasteiger partial charge in [0.1, 0.15) is 11.5 Å². The standard InChI is InChI=1S/C20H17ClN4O2S/c21-14-4-2-13(3-5-14)20(8-1-9-20)19(27)24-15-6-7-17(22-10-15)25-18(26)16-11-28-12-23-16/h2-7,10-12H,1,8-9H2,(H,24,27)(H,22,25,26). The molecule has 28 heavy (non-hydrogen) atoms. The number of hydrogen-bond acceptors (Lipinski definition) is 5. The molecule has 142 valence electrons. The number of anilines is 2. The first kappa shape index (κ1) is 18.6. The van der Waals surface area contributed by atoms with Gasteiger partial charge in [0, 0.05) is 10.4 Å². The van der Waals surface area contributed by atoms with E-state index in [-0.39, 0.29) is 11.8 Å². The summed E-state index contributed by atoms with van der Waals surface area (Å²) in [4.78, 5) is 33.1. The van der Waals surface area contributed by atoms with Crippen molar-refractivity contribution < 1.29 is 9.59 Å². The molecule has 0 bridgehead atoms. The maximum absolute atomic E-state index is 13.0. The average Bonchev–Trinajstić information content (AvgIpc) is 3.19. The second kappa shape index (κ2) is 7.69. The molecule has 1 fully saturated rings. The summed E-state index contributed by atoms with van der Waals surface area (Å²) in [5.41, 5.74) is 2.97. The summed E-state index contributed by atoms with van der Waals surface area (Å²) in [6, 6.07) is 10.8. The number of halogens is 1. The molecule has 0 spiro atoms. The predicted molar refractivity (Wildman–Crippen MR) is 110 cm³/mol. The summed E-state index contributed by atoms with van der Waals surface area (Å²) in [6.45, 7) is 0. The summed E-state index contributed by atoms with van der Waals surface area (Å²) in [5, 5.41) is 7.94. The van der Waals surface area contributed by atoms with E-state index < -0.39 is 5.41 Å². The van der Waals surface area contributed by atoms with Crippen molar-refractivity contribution in [2.75, 3.05) is 10.6 Å². The third-order valence-electron chi connectivity index (χ3n) is 4.97. The topological polar surface area (TPSA) is 84.0 Å². The van der Waals surface area contributed by atoms with Crippen molar-refractivity contribution >= 4 is 46.3 Å². The van der Waals surface area contributed by atoms with Gasteiger partial charge >= 0.3 is 0 Å². The van der Waals surface area contributed by atoms with Crippen LogP contribution in [0.2, 0.25) is 5.02 Å². The molecule has 2 N–H and O–H groups in total. The highest BCUT2D eigenvalue weighted by Gasteiger charge is 2.45. The van der Waals surface area contributed by atoms with Crippen molar-refractivity contribution in [2.24, 2.45) is 0 Å². The highest BCUT2D eigenvalue weighted by molar-refractivity contribution is 7.07. The van der Waals surface area contributed by atoms with E-state index in [1.807, 2.05) is 24.3 Å². The number of carbonyl (C=O) groups is 2. The van der Waals surface area contributed by atoms with Crippen molar-refractivity contribution in [3.8, 4) is 0 Å². The Labute approximate surface area is 171 Å². The Kier molecular flexibility index (Phi) is 5.11. The first-order valence-corrected chi connectivity index (χ1v) is 10.1. The van der Waals surface area contributed by atoms with Crippen molar-refractivity contribution in [1.29, 1.82) is 0 Å². The summed E-state index contributed by atoms with van der Waals surface area (Å²) in [7, 11) is 0. The van der Waals surface area contributed by atoms with E-state index in [1.54, 1.807) is 23.0 Å². The molecule has 2 heterocycles. The minimum atomic E-state index is -0.526. The highest BCUT2D eigenvalue weighted by Crippen LogP contribution is 2.44. The van der Waals surface area contributed by atoms with Crippen molar-refractivity contribution in [3.63, 3.8) is 0 Å². The quantitative estimate of drug-likeness (QED) is 0.646. The van der Waals surface area contributed by atoms with Gasteiger partial charge in [-0.15, -0.1) is 11.3 Å². The Hall–Kier alpha value is -2.77. The van der Waals surface area contributed by atoms with E-state index in [1.165, 1.54) is 17.5 Å². The molecule has 3 aromatic rings. The van der Waals surface area contributed by atoms with Crippen LogP contribution in [-0.4, -0.2) is 21.8 Å². The monoisotopic (exact) mass is 412 g/mol. The average molecular weight is 413 g/mol. The van der Waals surface area contributed by atoms with Crippen molar-refractivity contribution in [3.05, 3.63) is 69.8 Å². The number of hydrogen-bond donors (Lipinski definition) is 2. The van der Waals surface area contributed by atoms with Gasteiger partial charge in [-0.2, -0.15) is 0 Å². The second-order valence-electron chi connectivity index (χ2n) is 6.66. The molecule has 0 aliphatic heterocycles. The third-order valence-corrected chi connectivity index (χ3v) is 5.80. The number of thiazole rings is 1. The molecule has 0 saturated heterocycles. The number of aromatic nitrogens is 2. The van der Waals surface area contributed by atoms with Crippen LogP contribution in [-0.2, 0) is 10.2 Å². The fraction of sp³-hybridized carbons (Fsp3) is 0.200. The number of benzene rings is 1. The lowest BCUT2D eigenvalue weighted by Crippen LogP contribution is -2.46. The zero-order valence-corrected chi connectivity index (χ0v) is 16.4. The van der Waals surface area contributed by atoms with Crippen LogP contribution in [0, 0.1) is 0 Å². The summed E-state index contributed by atoms with van der Waals surface area (Å²) >= 11 is 7.32. The van der Waals surface area contributed by atoms with Crippen LogP contribution in [0.4, 0.5) is 11.5 Å². The van der Waals surface area contributed by atoms with Crippen molar-refractivity contribution in [1.82, 2.24) is 9.97 Å². The summed E-state index contributed by atoms with van der Waals surface area (Å²) in [5.74, 6) is 0.0240. The predicted octanol–water partition coefficient (Wildman–Crippen LogP) is 4.50. The Balaban J connectivity index is 1.44. The van der Waals surface area contributed by atoms with Crippen LogP contribution in [0.1, 0.15) is 35.3 Å². The van der Waals surface area contributed by atoms with Gasteiger partial charge in [-0.05, 0) is 42.7 Å². The highest BCUT2D eigenvalue weighted by atomic mass is 35.5. The van der Waals surface area contributed by atoms with Gasteiger partial charge < -0.3 is 10.6 Å². The van der Waals surface area contributed by atoms with Crippen LogP contribution in [0.5, 0.6) is 0 Å². The molecule has 1 aliphatic carbocycles. The van der Waals surface area contributed by atoms with Crippen LogP contribution >= 0.6 is 22.9 Å². The lowest BCUT2D eigenvalue weighted by atomic mass is 9.64. The van der Waals surface area contributed by atoms with Crippen molar-refractivity contribution in [2.45, 2.75) is 24.7 Å². The fourth-order valence-corrected chi connectivity index (χ4v) is 3.90. The van der Waals surface area contributed by atoms with E-state index in [4.69, 9.17) is 11.6 Å². The molecule has 8 heteroatoms. The smallest absolute Gasteiger partial charge is 0.276 e. The van der Waals surface area contributed by atoms with Crippen LogP contribution in [0.25, 0.3) is 0 Å². The molecule has 0 atom stereocenters. The Bertz CT molecular complexity index is 984.